The molecule has 0 saturated heterocycles. The van der Waals surface area contributed by atoms with E-state index in [4.69, 9.17) is 0 Å². The van der Waals surface area contributed by atoms with Gasteiger partial charge in [-0.2, -0.15) is 5.10 Å². The summed E-state index contributed by atoms with van der Waals surface area (Å²) in [5, 5.41) is 13.5. The highest BCUT2D eigenvalue weighted by molar-refractivity contribution is 5.94. The van der Waals surface area contributed by atoms with Crippen molar-refractivity contribution in [3.05, 3.63) is 66.4 Å². The Morgan fingerprint density at radius 1 is 1.14 bits per heavy atom. The maximum absolute atomic E-state index is 13.9. The minimum atomic E-state index is -1.16. The van der Waals surface area contributed by atoms with E-state index in [1.807, 2.05) is 0 Å². The van der Waals surface area contributed by atoms with E-state index >= 15 is 0 Å². The monoisotopic (exact) mass is 283 g/mol. The normalized spacial score (nSPS) is 10.5. The lowest BCUT2D eigenvalue weighted by molar-refractivity contribution is 0.0697. The van der Waals surface area contributed by atoms with E-state index in [0.717, 1.165) is 0 Å². The average molecular weight is 283 g/mol. The molecule has 21 heavy (non-hydrogen) atoms. The van der Waals surface area contributed by atoms with E-state index in [0.29, 0.717) is 5.69 Å². The number of rotatable bonds is 3. The van der Waals surface area contributed by atoms with Gasteiger partial charge in [0.2, 0.25) is 0 Å². The van der Waals surface area contributed by atoms with Crippen molar-refractivity contribution >= 4 is 5.97 Å². The Labute approximate surface area is 119 Å². The van der Waals surface area contributed by atoms with Crippen molar-refractivity contribution < 1.29 is 14.3 Å². The van der Waals surface area contributed by atoms with E-state index in [9.17, 15) is 14.3 Å². The molecule has 0 unspecified atom stereocenters. The van der Waals surface area contributed by atoms with Gasteiger partial charge in [-0.05, 0) is 24.3 Å². The van der Waals surface area contributed by atoms with Crippen LogP contribution in [-0.4, -0.2) is 25.8 Å². The van der Waals surface area contributed by atoms with Crippen LogP contribution in [0.1, 0.15) is 10.4 Å². The number of aromatic carboxylic acids is 1. The van der Waals surface area contributed by atoms with Crippen LogP contribution in [0, 0.1) is 5.82 Å². The van der Waals surface area contributed by atoms with Gasteiger partial charge in [-0.25, -0.2) is 13.9 Å². The predicted octanol–water partition coefficient (Wildman–Crippen LogP) is 2.77. The van der Waals surface area contributed by atoms with Gasteiger partial charge in [-0.1, -0.05) is 12.1 Å². The zero-order valence-electron chi connectivity index (χ0n) is 10.8. The largest absolute Gasteiger partial charge is 0.478 e. The highest BCUT2D eigenvalue weighted by atomic mass is 19.1. The van der Waals surface area contributed by atoms with Crippen LogP contribution < -0.4 is 0 Å². The first-order chi connectivity index (χ1) is 10.2. The van der Waals surface area contributed by atoms with Crippen LogP contribution in [0.15, 0.2) is 55.0 Å². The standard InChI is InChI=1S/C15H10FN3O2/c16-13-4-2-1-3-11(13)14-12(15(20)21)9-19(18-14)10-5-7-17-8-6-10/h1-9H,(H,20,21). The second kappa shape index (κ2) is 5.16. The fourth-order valence-corrected chi connectivity index (χ4v) is 2.01. The van der Waals surface area contributed by atoms with Gasteiger partial charge in [0.1, 0.15) is 17.1 Å². The first-order valence-electron chi connectivity index (χ1n) is 6.15. The summed E-state index contributed by atoms with van der Waals surface area (Å²) in [5.41, 5.74) is 0.840. The second-order valence-corrected chi connectivity index (χ2v) is 4.33. The van der Waals surface area contributed by atoms with Crippen LogP contribution in [-0.2, 0) is 0 Å². The Balaban J connectivity index is 2.19. The Kier molecular flexibility index (Phi) is 3.19. The molecule has 0 aliphatic carbocycles. The third kappa shape index (κ3) is 2.38. The fraction of sp³-hybridized carbons (Fsp3) is 0. The van der Waals surface area contributed by atoms with Gasteiger partial charge in [0.25, 0.3) is 0 Å². The molecule has 0 fully saturated rings. The molecule has 0 bridgehead atoms. The molecule has 3 rings (SSSR count). The first kappa shape index (κ1) is 13.0. The summed E-state index contributed by atoms with van der Waals surface area (Å²) in [6.07, 6.45) is 4.50. The van der Waals surface area contributed by atoms with Gasteiger partial charge in [0.15, 0.2) is 0 Å². The predicted molar refractivity (Wildman–Crippen MR) is 73.7 cm³/mol. The van der Waals surface area contributed by atoms with Gasteiger partial charge in [0, 0.05) is 24.2 Å². The molecule has 0 saturated carbocycles. The molecule has 3 aromatic rings. The van der Waals surface area contributed by atoms with Gasteiger partial charge >= 0.3 is 5.97 Å². The maximum Gasteiger partial charge on any atom is 0.339 e. The molecule has 0 amide bonds. The summed E-state index contributed by atoms with van der Waals surface area (Å²) < 4.78 is 15.3. The van der Waals surface area contributed by atoms with Crippen molar-refractivity contribution in [1.82, 2.24) is 14.8 Å². The van der Waals surface area contributed by atoms with Crippen LogP contribution in [0.5, 0.6) is 0 Å². The molecule has 1 N–H and O–H groups in total. The number of aromatic nitrogens is 3. The number of carboxylic acid groups (broad SMARTS) is 1. The zero-order chi connectivity index (χ0) is 14.8. The van der Waals surface area contributed by atoms with Crippen LogP contribution in [0.3, 0.4) is 0 Å². The van der Waals surface area contributed by atoms with Gasteiger partial charge in [-0.3, -0.25) is 4.98 Å². The Bertz CT molecular complexity index is 800. The van der Waals surface area contributed by atoms with Gasteiger partial charge in [-0.15, -0.1) is 0 Å². The van der Waals surface area contributed by atoms with Gasteiger partial charge < -0.3 is 5.11 Å². The molecule has 6 heteroatoms. The average Bonchev–Trinajstić information content (AvgIpc) is 2.94. The third-order valence-corrected chi connectivity index (χ3v) is 3.00. The summed E-state index contributed by atoms with van der Waals surface area (Å²) >= 11 is 0. The molecule has 2 aromatic heterocycles. The van der Waals surface area contributed by atoms with Crippen LogP contribution in [0.25, 0.3) is 16.9 Å². The molecule has 0 radical (unpaired) electrons. The maximum atomic E-state index is 13.9. The van der Waals surface area contributed by atoms with E-state index in [1.165, 1.54) is 23.0 Å². The summed E-state index contributed by atoms with van der Waals surface area (Å²) in [4.78, 5) is 15.3. The molecular formula is C15H10FN3O2. The SMILES string of the molecule is O=C(O)c1cn(-c2ccncc2)nc1-c1ccccc1F. The molecule has 2 heterocycles. The molecule has 0 atom stereocenters. The van der Waals surface area contributed by atoms with Crippen LogP contribution >= 0.6 is 0 Å². The van der Waals surface area contributed by atoms with E-state index in [-0.39, 0.29) is 16.8 Å². The van der Waals surface area contributed by atoms with Crippen molar-refractivity contribution in [1.29, 1.82) is 0 Å². The van der Waals surface area contributed by atoms with Gasteiger partial charge in [0.05, 0.1) is 5.69 Å². The van der Waals surface area contributed by atoms with Crippen molar-refractivity contribution in [3.63, 3.8) is 0 Å². The fourth-order valence-electron chi connectivity index (χ4n) is 2.01. The topological polar surface area (TPSA) is 68.0 Å². The quantitative estimate of drug-likeness (QED) is 0.802. The lowest BCUT2D eigenvalue weighted by atomic mass is 10.1. The summed E-state index contributed by atoms with van der Waals surface area (Å²) in [5.74, 6) is -1.67. The molecule has 1 aromatic carbocycles. The molecular weight excluding hydrogens is 273 g/mol. The number of carboxylic acids is 1. The number of hydrogen-bond donors (Lipinski definition) is 1. The Morgan fingerprint density at radius 2 is 1.86 bits per heavy atom. The third-order valence-electron chi connectivity index (χ3n) is 3.00. The minimum Gasteiger partial charge on any atom is -0.478 e. The minimum absolute atomic E-state index is 0.0584. The molecule has 0 aliphatic rings. The second-order valence-electron chi connectivity index (χ2n) is 4.33. The van der Waals surface area contributed by atoms with Crippen molar-refractivity contribution in [2.75, 3.05) is 0 Å². The summed E-state index contributed by atoms with van der Waals surface area (Å²) in [7, 11) is 0. The van der Waals surface area contributed by atoms with Crippen LogP contribution in [0.2, 0.25) is 0 Å². The summed E-state index contributed by atoms with van der Waals surface area (Å²) in [6.45, 7) is 0. The molecule has 0 spiro atoms. The van der Waals surface area contributed by atoms with Crippen molar-refractivity contribution in [2.45, 2.75) is 0 Å². The lowest BCUT2D eigenvalue weighted by Gasteiger charge is -2.01. The van der Waals surface area contributed by atoms with Crippen molar-refractivity contribution in [3.8, 4) is 16.9 Å². The highest BCUT2D eigenvalue weighted by Crippen LogP contribution is 2.26. The Morgan fingerprint density at radius 3 is 2.52 bits per heavy atom. The lowest BCUT2D eigenvalue weighted by Crippen LogP contribution is -1.97. The Hall–Kier alpha value is -3.02. The molecule has 5 nitrogen and oxygen atoms in total. The first-order valence-corrected chi connectivity index (χ1v) is 6.15. The smallest absolute Gasteiger partial charge is 0.339 e. The number of hydrogen-bond acceptors (Lipinski definition) is 3. The highest BCUT2D eigenvalue weighted by Gasteiger charge is 2.19. The molecule has 104 valence electrons. The number of carbonyl (C=O) groups is 1. The van der Waals surface area contributed by atoms with E-state index in [1.54, 1.807) is 36.7 Å². The summed E-state index contributed by atoms with van der Waals surface area (Å²) in [6, 6.07) is 9.32. The molecule has 0 aliphatic heterocycles. The number of halogens is 1. The number of benzene rings is 1. The zero-order valence-corrected chi connectivity index (χ0v) is 10.8. The van der Waals surface area contributed by atoms with E-state index < -0.39 is 11.8 Å². The number of nitrogens with zero attached hydrogens (tertiary/aromatic N) is 3. The number of pyridine rings is 1. The van der Waals surface area contributed by atoms with E-state index in [2.05, 4.69) is 10.1 Å². The van der Waals surface area contributed by atoms with Crippen molar-refractivity contribution in [2.24, 2.45) is 0 Å². The van der Waals surface area contributed by atoms with Crippen LogP contribution in [0.4, 0.5) is 4.39 Å².